The Balaban J connectivity index is 2.51. The van der Waals surface area contributed by atoms with Gasteiger partial charge in [-0.25, -0.2) is 9.59 Å². The number of urea groups is 1. The van der Waals surface area contributed by atoms with Crippen LogP contribution in [0.1, 0.15) is 133 Å². The topological polar surface area (TPSA) is 177 Å². The average molecular weight is 678 g/mol. The summed E-state index contributed by atoms with van der Waals surface area (Å²) in [7, 11) is 0. The Hall–Kier alpha value is -3.18. The number of amides is 5. The Morgan fingerprint density at radius 1 is 0.938 bits per heavy atom. The van der Waals surface area contributed by atoms with Crippen LogP contribution >= 0.6 is 0 Å². The molecule has 0 aliphatic carbocycles. The molecule has 2 fully saturated rings. The predicted molar refractivity (Wildman–Crippen MR) is 184 cm³/mol. The van der Waals surface area contributed by atoms with Crippen molar-refractivity contribution in [2.75, 3.05) is 6.54 Å². The summed E-state index contributed by atoms with van der Waals surface area (Å²) in [6.45, 7) is 19.0. The molecule has 5 N–H and O–H groups in total. The number of Topliss-reactive ketones (excluding diaryl/α,β-unsaturated/α-hetero) is 1. The second kappa shape index (κ2) is 17.0. The van der Waals surface area contributed by atoms with Crippen molar-refractivity contribution in [1.82, 2.24) is 20.9 Å². The second-order valence-corrected chi connectivity index (χ2v) is 16.9. The molecule has 2 rings (SSSR count). The maximum absolute atomic E-state index is 14.6. The van der Waals surface area contributed by atoms with Crippen LogP contribution in [0.15, 0.2) is 0 Å². The zero-order valence-electron chi connectivity index (χ0n) is 31.1. The highest BCUT2D eigenvalue weighted by Gasteiger charge is 2.47. The van der Waals surface area contributed by atoms with E-state index in [4.69, 9.17) is 10.5 Å². The summed E-state index contributed by atoms with van der Waals surface area (Å²) in [4.78, 5) is 81.5. The summed E-state index contributed by atoms with van der Waals surface area (Å²) >= 11 is 0. The number of hydrogen-bond acceptors (Lipinski definition) is 7. The maximum atomic E-state index is 14.6. The minimum atomic E-state index is -1.11. The lowest BCUT2D eigenvalue weighted by Crippen LogP contribution is -2.62. The van der Waals surface area contributed by atoms with Crippen LogP contribution in [0.25, 0.3) is 0 Å². The number of ether oxygens (including phenoxy) is 1. The monoisotopic (exact) mass is 677 g/mol. The molecule has 2 saturated heterocycles. The number of nitrogens with one attached hydrogen (secondary N) is 3. The number of esters is 1. The zero-order valence-corrected chi connectivity index (χ0v) is 31.1. The highest BCUT2D eigenvalue weighted by Crippen LogP contribution is 2.35. The Labute approximate surface area is 287 Å². The fraction of sp³-hybridized carbons (Fsp3) is 0.833. The standard InChI is InChI=1S/C36H63N5O7/c1-22(2)23-20-25-30(44)38-24(26(42)29(37)43)18-16-14-12-11-13-15-17-19-36(9,10)27(31(45)41(25)21-23)39-33(47)40-28(34(3,4)5)32(46)48-35(6,7)8/h22-25,27-28H,11-21H2,1-10H3,(H2,37,43)(H,38,44)(H2,39,40,47)/t23?,24-,25-,27+,28+/m0/s1. The van der Waals surface area contributed by atoms with Crippen molar-refractivity contribution >= 4 is 35.5 Å². The molecule has 1 unspecified atom stereocenters. The van der Waals surface area contributed by atoms with Gasteiger partial charge in [-0.05, 0) is 62.7 Å². The van der Waals surface area contributed by atoms with Crippen LogP contribution in [0.3, 0.4) is 0 Å². The molecular formula is C36H63N5O7. The Bertz CT molecular complexity index is 1170. The Morgan fingerprint density at radius 3 is 2.02 bits per heavy atom. The van der Waals surface area contributed by atoms with Crippen LogP contribution in [0, 0.1) is 22.7 Å². The summed E-state index contributed by atoms with van der Waals surface area (Å²) in [6, 6.07) is -4.70. The Kier molecular flexibility index (Phi) is 14.5. The van der Waals surface area contributed by atoms with E-state index >= 15 is 0 Å². The van der Waals surface area contributed by atoms with Crippen molar-refractivity contribution in [2.45, 2.75) is 163 Å². The van der Waals surface area contributed by atoms with Gasteiger partial charge in [-0.1, -0.05) is 93.4 Å². The van der Waals surface area contributed by atoms with Gasteiger partial charge in [0.1, 0.15) is 23.7 Å². The van der Waals surface area contributed by atoms with E-state index in [-0.39, 0.29) is 18.3 Å². The molecule has 2 aliphatic heterocycles. The van der Waals surface area contributed by atoms with E-state index < -0.39 is 76.1 Å². The van der Waals surface area contributed by atoms with Gasteiger partial charge >= 0.3 is 12.0 Å². The lowest BCUT2D eigenvalue weighted by Gasteiger charge is -2.39. The average Bonchev–Trinajstić information content (AvgIpc) is 3.40. The number of rotatable bonds is 6. The molecule has 2 heterocycles. The van der Waals surface area contributed by atoms with Gasteiger partial charge in [0.2, 0.25) is 17.6 Å². The molecular weight excluding hydrogens is 614 g/mol. The van der Waals surface area contributed by atoms with Gasteiger partial charge in [0, 0.05) is 6.54 Å². The van der Waals surface area contributed by atoms with Crippen molar-refractivity contribution < 1.29 is 33.5 Å². The maximum Gasteiger partial charge on any atom is 0.329 e. The lowest BCUT2D eigenvalue weighted by molar-refractivity contribution is -0.160. The normalized spacial score (nSPS) is 25.7. The first-order valence-corrected chi connectivity index (χ1v) is 17.8. The molecule has 0 aromatic carbocycles. The third-order valence-electron chi connectivity index (χ3n) is 9.64. The van der Waals surface area contributed by atoms with Crippen molar-refractivity contribution in [3.63, 3.8) is 0 Å². The summed E-state index contributed by atoms with van der Waals surface area (Å²) in [5.41, 5.74) is 3.17. The molecule has 12 heteroatoms. The number of carbonyl (C=O) groups excluding carboxylic acids is 6. The fourth-order valence-electron chi connectivity index (χ4n) is 6.56. The van der Waals surface area contributed by atoms with E-state index in [0.29, 0.717) is 25.8 Å². The molecule has 48 heavy (non-hydrogen) atoms. The minimum absolute atomic E-state index is 0.00406. The molecule has 0 aromatic heterocycles. The van der Waals surface area contributed by atoms with Crippen molar-refractivity contribution in [3.8, 4) is 0 Å². The van der Waals surface area contributed by atoms with Crippen molar-refractivity contribution in [3.05, 3.63) is 0 Å². The van der Waals surface area contributed by atoms with Gasteiger partial charge in [-0.3, -0.25) is 19.2 Å². The molecule has 2 aliphatic rings. The molecule has 0 saturated carbocycles. The van der Waals surface area contributed by atoms with Gasteiger partial charge in [0.25, 0.3) is 5.91 Å². The molecule has 0 aromatic rings. The highest BCUT2D eigenvalue weighted by atomic mass is 16.6. The van der Waals surface area contributed by atoms with E-state index in [1.807, 2.05) is 48.5 Å². The van der Waals surface area contributed by atoms with Crippen molar-refractivity contribution in [1.29, 1.82) is 0 Å². The third kappa shape index (κ3) is 12.1. The number of ketones is 1. The molecule has 5 atom stereocenters. The second-order valence-electron chi connectivity index (χ2n) is 16.9. The zero-order chi connectivity index (χ0) is 36.6. The number of primary amides is 1. The van der Waals surface area contributed by atoms with Gasteiger partial charge in [0.05, 0.1) is 6.04 Å². The van der Waals surface area contributed by atoms with Crippen molar-refractivity contribution in [2.24, 2.45) is 28.4 Å². The number of hydrogen-bond donors (Lipinski definition) is 4. The first-order valence-electron chi connectivity index (χ1n) is 17.8. The van der Waals surface area contributed by atoms with Gasteiger partial charge in [-0.2, -0.15) is 0 Å². The minimum Gasteiger partial charge on any atom is -0.458 e. The number of nitrogens with zero attached hydrogens (tertiary/aromatic N) is 1. The molecule has 12 nitrogen and oxygen atoms in total. The van der Waals surface area contributed by atoms with Crippen LogP contribution < -0.4 is 21.7 Å². The van der Waals surface area contributed by atoms with Gasteiger partial charge in [-0.15, -0.1) is 0 Å². The van der Waals surface area contributed by atoms with Crippen LogP contribution in [0.4, 0.5) is 4.79 Å². The number of carbonyl (C=O) groups is 6. The molecule has 0 radical (unpaired) electrons. The van der Waals surface area contributed by atoms with E-state index in [2.05, 4.69) is 16.0 Å². The fourth-order valence-corrected chi connectivity index (χ4v) is 6.56. The molecule has 5 amide bonds. The van der Waals surface area contributed by atoms with E-state index in [1.54, 1.807) is 20.8 Å². The van der Waals surface area contributed by atoms with Crippen LogP contribution in [-0.2, 0) is 28.7 Å². The summed E-state index contributed by atoms with van der Waals surface area (Å²) in [6.07, 6.45) is 7.55. The lowest BCUT2D eigenvalue weighted by atomic mass is 9.78. The smallest absolute Gasteiger partial charge is 0.329 e. The van der Waals surface area contributed by atoms with Crippen LogP contribution in [0.2, 0.25) is 0 Å². The van der Waals surface area contributed by atoms with E-state index in [9.17, 15) is 28.8 Å². The highest BCUT2D eigenvalue weighted by molar-refractivity contribution is 6.37. The number of fused-ring (bicyclic) bond motifs is 1. The number of nitrogens with two attached hydrogens (primary N) is 1. The van der Waals surface area contributed by atoms with Crippen LogP contribution in [-0.4, -0.2) is 76.7 Å². The van der Waals surface area contributed by atoms with Crippen LogP contribution in [0.5, 0.6) is 0 Å². The summed E-state index contributed by atoms with van der Waals surface area (Å²) in [5.74, 6) is -3.32. The predicted octanol–water partition coefficient (Wildman–Crippen LogP) is 4.37. The Morgan fingerprint density at radius 2 is 1.50 bits per heavy atom. The summed E-state index contributed by atoms with van der Waals surface area (Å²) in [5, 5.41) is 8.45. The molecule has 0 bridgehead atoms. The largest absolute Gasteiger partial charge is 0.458 e. The van der Waals surface area contributed by atoms with Gasteiger partial charge < -0.3 is 31.3 Å². The third-order valence-corrected chi connectivity index (χ3v) is 9.64. The first kappa shape index (κ1) is 41.0. The van der Waals surface area contributed by atoms with E-state index in [0.717, 1.165) is 38.5 Å². The SMILES string of the molecule is CC(C)C1C[C@H]2C(=O)N[C@H](C(=O)C(N)=O)CCCCCCCCCC(C)(C)[C@H](NC(=O)N[C@H](C(=O)OC(C)(C)C)C(C)(C)C)C(=O)N2C1. The van der Waals surface area contributed by atoms with Gasteiger partial charge in [0.15, 0.2) is 0 Å². The molecule has 0 spiro atoms. The van der Waals surface area contributed by atoms with E-state index in [1.165, 1.54) is 4.90 Å². The quantitative estimate of drug-likeness (QED) is 0.238. The molecule has 274 valence electrons. The summed E-state index contributed by atoms with van der Waals surface area (Å²) < 4.78 is 5.61. The first-order chi connectivity index (χ1) is 22.0.